The third-order valence-electron chi connectivity index (χ3n) is 6.83. The fourth-order valence-electron chi connectivity index (χ4n) is 4.80. The second kappa shape index (κ2) is 11.0. The minimum absolute atomic E-state index is 0.00234. The molecular weight excluding hydrogens is 544 g/mol. The number of carbonyl (C=O) groups excluding carboxylic acids is 1. The molecule has 41 heavy (non-hydrogen) atoms. The molecule has 0 saturated carbocycles. The van der Waals surface area contributed by atoms with Crippen molar-refractivity contribution in [3.63, 3.8) is 0 Å². The minimum atomic E-state index is -0.710. The third-order valence-corrected chi connectivity index (χ3v) is 7.81. The van der Waals surface area contributed by atoms with Crippen molar-refractivity contribution in [3.8, 4) is 11.3 Å². The molecule has 11 heteroatoms. The molecule has 0 saturated heterocycles. The zero-order valence-corrected chi connectivity index (χ0v) is 24.0. The average Bonchev–Trinajstić information content (AvgIpc) is 3.52. The summed E-state index contributed by atoms with van der Waals surface area (Å²) in [6.45, 7) is 5.45. The number of nitro benzene ring substituents is 1. The number of nitrogens with zero attached hydrogens (tertiary/aromatic N) is 4. The number of allylic oxidation sites excluding steroid dienone is 1. The SMILES string of the molecule is CCOC(=O)C1=C(C)N=c2s/c(=C\c3ccc(-c4ccc([N+](=O)[O-])cc4C)o3)c(=O)n2C1c1ccc(N(C)C)cc1. The Balaban J connectivity index is 1.60. The van der Waals surface area contributed by atoms with Gasteiger partial charge in [0, 0.05) is 43.6 Å². The number of aromatic nitrogens is 1. The summed E-state index contributed by atoms with van der Waals surface area (Å²) in [6.07, 6.45) is 1.64. The lowest BCUT2D eigenvalue weighted by Gasteiger charge is -2.25. The quantitative estimate of drug-likeness (QED) is 0.184. The molecule has 5 rings (SSSR count). The minimum Gasteiger partial charge on any atom is -0.463 e. The molecule has 0 amide bonds. The number of aryl methyl sites for hydroxylation is 1. The summed E-state index contributed by atoms with van der Waals surface area (Å²) in [4.78, 5) is 44.6. The summed E-state index contributed by atoms with van der Waals surface area (Å²) in [5.74, 6) is 0.450. The first kappa shape index (κ1) is 27.8. The molecular formula is C30H28N4O6S. The average molecular weight is 573 g/mol. The van der Waals surface area contributed by atoms with Gasteiger partial charge in [-0.1, -0.05) is 23.5 Å². The topological polar surface area (TPSA) is 120 Å². The molecule has 10 nitrogen and oxygen atoms in total. The number of thiazole rings is 1. The summed E-state index contributed by atoms with van der Waals surface area (Å²) in [6, 6.07) is 15.0. The number of benzene rings is 2. The second-order valence-corrected chi connectivity index (χ2v) is 10.8. The first-order valence-electron chi connectivity index (χ1n) is 12.9. The summed E-state index contributed by atoms with van der Waals surface area (Å²) < 4.78 is 13.3. The molecule has 0 N–H and O–H groups in total. The Morgan fingerprint density at radius 2 is 1.90 bits per heavy atom. The lowest BCUT2D eigenvalue weighted by molar-refractivity contribution is -0.384. The lowest BCUT2D eigenvalue weighted by Crippen LogP contribution is -2.39. The molecule has 0 radical (unpaired) electrons. The van der Waals surface area contributed by atoms with Gasteiger partial charge < -0.3 is 14.1 Å². The number of non-ortho nitro benzene ring substituents is 1. The number of hydrogen-bond acceptors (Lipinski definition) is 9. The maximum absolute atomic E-state index is 13.8. The van der Waals surface area contributed by atoms with Crippen LogP contribution in [0.5, 0.6) is 0 Å². The predicted molar refractivity (Wildman–Crippen MR) is 157 cm³/mol. The molecule has 0 aliphatic carbocycles. The summed E-state index contributed by atoms with van der Waals surface area (Å²) in [5, 5.41) is 11.1. The normalized spacial score (nSPS) is 15.0. The maximum Gasteiger partial charge on any atom is 0.338 e. The van der Waals surface area contributed by atoms with Gasteiger partial charge in [-0.05, 0) is 62.2 Å². The van der Waals surface area contributed by atoms with Gasteiger partial charge in [-0.25, -0.2) is 9.79 Å². The van der Waals surface area contributed by atoms with Crippen LogP contribution in [0.15, 0.2) is 80.1 Å². The van der Waals surface area contributed by atoms with Crippen LogP contribution in [0.1, 0.15) is 36.8 Å². The fourth-order valence-corrected chi connectivity index (χ4v) is 5.83. The van der Waals surface area contributed by atoms with Crippen LogP contribution in [0, 0.1) is 17.0 Å². The van der Waals surface area contributed by atoms with Crippen molar-refractivity contribution in [1.82, 2.24) is 4.57 Å². The molecule has 0 spiro atoms. The third kappa shape index (κ3) is 5.23. The smallest absolute Gasteiger partial charge is 0.338 e. The molecule has 0 bridgehead atoms. The number of anilines is 1. The van der Waals surface area contributed by atoms with Crippen LogP contribution >= 0.6 is 11.3 Å². The number of ether oxygens (including phenoxy) is 1. The highest BCUT2D eigenvalue weighted by Crippen LogP contribution is 2.32. The number of esters is 1. The highest BCUT2D eigenvalue weighted by molar-refractivity contribution is 7.07. The van der Waals surface area contributed by atoms with Crippen LogP contribution < -0.4 is 19.8 Å². The monoisotopic (exact) mass is 572 g/mol. The van der Waals surface area contributed by atoms with Gasteiger partial charge in [0.05, 0.1) is 33.4 Å². The van der Waals surface area contributed by atoms with Crippen molar-refractivity contribution < 1.29 is 18.9 Å². The molecule has 2 aromatic heterocycles. The van der Waals surface area contributed by atoms with E-state index in [1.165, 1.54) is 28.0 Å². The van der Waals surface area contributed by atoms with Crippen molar-refractivity contribution in [2.24, 2.45) is 4.99 Å². The van der Waals surface area contributed by atoms with E-state index < -0.39 is 16.9 Å². The van der Waals surface area contributed by atoms with Crippen LogP contribution in [0.3, 0.4) is 0 Å². The van der Waals surface area contributed by atoms with E-state index in [9.17, 15) is 19.7 Å². The van der Waals surface area contributed by atoms with Crippen LogP contribution in [0.4, 0.5) is 11.4 Å². The van der Waals surface area contributed by atoms with Crippen LogP contribution in [0.2, 0.25) is 0 Å². The van der Waals surface area contributed by atoms with E-state index in [4.69, 9.17) is 9.15 Å². The highest BCUT2D eigenvalue weighted by atomic mass is 32.1. The summed E-state index contributed by atoms with van der Waals surface area (Å²) >= 11 is 1.21. The lowest BCUT2D eigenvalue weighted by atomic mass is 9.95. The number of fused-ring (bicyclic) bond motifs is 1. The fraction of sp³-hybridized carbons (Fsp3) is 0.233. The molecule has 210 valence electrons. The van der Waals surface area contributed by atoms with E-state index >= 15 is 0 Å². The Morgan fingerprint density at radius 3 is 2.54 bits per heavy atom. The largest absolute Gasteiger partial charge is 0.463 e. The zero-order valence-electron chi connectivity index (χ0n) is 23.2. The zero-order chi connectivity index (χ0) is 29.4. The molecule has 1 aliphatic rings. The van der Waals surface area contributed by atoms with E-state index in [1.54, 1.807) is 45.0 Å². The van der Waals surface area contributed by atoms with Crippen molar-refractivity contribution in [2.45, 2.75) is 26.8 Å². The Hall–Kier alpha value is -4.77. The summed E-state index contributed by atoms with van der Waals surface area (Å²) in [7, 11) is 3.88. The van der Waals surface area contributed by atoms with Crippen LogP contribution in [-0.2, 0) is 9.53 Å². The maximum atomic E-state index is 13.8. The van der Waals surface area contributed by atoms with E-state index in [2.05, 4.69) is 4.99 Å². The highest BCUT2D eigenvalue weighted by Gasteiger charge is 2.33. The Bertz CT molecular complexity index is 1880. The van der Waals surface area contributed by atoms with Gasteiger partial charge in [-0.3, -0.25) is 19.5 Å². The Labute approximate surface area is 239 Å². The molecule has 4 aromatic rings. The number of nitro groups is 1. The first-order chi connectivity index (χ1) is 19.6. The van der Waals surface area contributed by atoms with Gasteiger partial charge in [0.1, 0.15) is 11.5 Å². The van der Waals surface area contributed by atoms with E-state index in [-0.39, 0.29) is 17.9 Å². The van der Waals surface area contributed by atoms with Gasteiger partial charge in [-0.2, -0.15) is 0 Å². The Morgan fingerprint density at radius 1 is 1.17 bits per heavy atom. The van der Waals surface area contributed by atoms with E-state index in [0.717, 1.165) is 11.3 Å². The standard InChI is InChI=1S/C30H28N4O6S/c1-6-39-29(36)26-18(3)31-30-33(27(26)19-7-9-20(10-8-19)32(4)5)28(35)25(41-30)16-22-12-14-24(40-22)23-13-11-21(34(37)38)15-17(23)2/h7-16,27H,6H2,1-5H3/b25-16-. The van der Waals surface area contributed by atoms with E-state index in [1.807, 2.05) is 43.3 Å². The number of furan rings is 1. The van der Waals surface area contributed by atoms with Crippen LogP contribution in [0.25, 0.3) is 17.4 Å². The van der Waals surface area contributed by atoms with Crippen molar-refractivity contribution in [2.75, 3.05) is 25.6 Å². The predicted octanol–water partition coefficient (Wildman–Crippen LogP) is 4.34. The molecule has 2 aromatic carbocycles. The molecule has 3 heterocycles. The van der Waals surface area contributed by atoms with Gasteiger partial charge in [0.15, 0.2) is 4.80 Å². The van der Waals surface area contributed by atoms with Gasteiger partial charge in [0.2, 0.25) is 0 Å². The number of carbonyl (C=O) groups is 1. The first-order valence-corrected chi connectivity index (χ1v) is 13.7. The number of hydrogen-bond donors (Lipinski definition) is 0. The van der Waals surface area contributed by atoms with Crippen molar-refractivity contribution in [3.05, 3.63) is 113 Å². The van der Waals surface area contributed by atoms with E-state index in [0.29, 0.717) is 43.3 Å². The second-order valence-electron chi connectivity index (χ2n) is 9.75. The molecule has 1 aliphatic heterocycles. The molecule has 1 atom stereocenters. The number of rotatable bonds is 7. The van der Waals surface area contributed by atoms with Gasteiger partial charge in [0.25, 0.3) is 11.2 Å². The molecule has 0 fully saturated rings. The summed E-state index contributed by atoms with van der Waals surface area (Å²) in [5.41, 5.74) is 3.65. The van der Waals surface area contributed by atoms with Gasteiger partial charge in [-0.15, -0.1) is 0 Å². The molecule has 1 unspecified atom stereocenters. The van der Waals surface area contributed by atoms with Gasteiger partial charge >= 0.3 is 5.97 Å². The van der Waals surface area contributed by atoms with Crippen molar-refractivity contribution in [1.29, 1.82) is 0 Å². The van der Waals surface area contributed by atoms with Crippen LogP contribution in [-0.4, -0.2) is 36.2 Å². The Kier molecular flexibility index (Phi) is 7.46. The van der Waals surface area contributed by atoms with Crippen molar-refractivity contribution >= 4 is 34.8 Å².